The minimum Gasteiger partial charge on any atom is -0.468 e. The second-order valence-electron chi connectivity index (χ2n) is 4.16. The predicted octanol–water partition coefficient (Wildman–Crippen LogP) is 0.644. The zero-order valence-corrected chi connectivity index (χ0v) is 9.45. The summed E-state index contributed by atoms with van der Waals surface area (Å²) < 4.78 is 4.63. The molecule has 0 aromatic heterocycles. The number of aliphatic hydroxyl groups excluding tert-OH is 1. The van der Waals surface area contributed by atoms with Gasteiger partial charge in [0.05, 0.1) is 13.7 Å². The quantitative estimate of drug-likeness (QED) is 0.684. The lowest BCUT2D eigenvalue weighted by Gasteiger charge is -2.30. The van der Waals surface area contributed by atoms with Crippen molar-refractivity contribution in [1.82, 2.24) is 4.90 Å². The Balaban J connectivity index is 2.15. The highest BCUT2D eigenvalue weighted by Gasteiger charge is 2.20. The third-order valence-corrected chi connectivity index (χ3v) is 3.06. The van der Waals surface area contributed by atoms with E-state index in [1.807, 2.05) is 0 Å². The van der Waals surface area contributed by atoms with Gasteiger partial charge in [-0.2, -0.15) is 0 Å². The number of methoxy groups -OCH3 is 1. The van der Waals surface area contributed by atoms with Crippen molar-refractivity contribution < 1.29 is 14.6 Å². The zero-order chi connectivity index (χ0) is 11.1. The van der Waals surface area contributed by atoms with Gasteiger partial charge in [0.1, 0.15) is 0 Å². The van der Waals surface area contributed by atoms with Gasteiger partial charge in [-0.3, -0.25) is 9.69 Å². The molecule has 1 rings (SSSR count). The maximum Gasteiger partial charge on any atom is 0.319 e. The van der Waals surface area contributed by atoms with Crippen LogP contribution in [-0.2, 0) is 9.53 Å². The average Bonchev–Trinajstić information content (AvgIpc) is 2.28. The number of hydrogen-bond donors (Lipinski definition) is 1. The molecule has 88 valence electrons. The summed E-state index contributed by atoms with van der Waals surface area (Å²) in [5, 5.41) is 8.73. The van der Waals surface area contributed by atoms with Crippen molar-refractivity contribution in [1.29, 1.82) is 0 Å². The average molecular weight is 215 g/mol. The van der Waals surface area contributed by atoms with E-state index in [2.05, 4.69) is 9.64 Å². The summed E-state index contributed by atoms with van der Waals surface area (Å²) in [4.78, 5) is 13.2. The number of piperidine rings is 1. The Kier molecular flexibility index (Phi) is 5.65. The lowest BCUT2D eigenvalue weighted by Crippen LogP contribution is -2.37. The van der Waals surface area contributed by atoms with E-state index in [4.69, 9.17) is 5.11 Å². The Hall–Kier alpha value is -0.610. The number of rotatable bonds is 5. The van der Waals surface area contributed by atoms with E-state index in [1.165, 1.54) is 7.11 Å². The summed E-state index contributed by atoms with van der Waals surface area (Å²) >= 11 is 0. The van der Waals surface area contributed by atoms with Crippen LogP contribution in [0.1, 0.15) is 25.7 Å². The van der Waals surface area contributed by atoms with Gasteiger partial charge in [-0.05, 0) is 44.7 Å². The second-order valence-corrected chi connectivity index (χ2v) is 4.16. The Bertz CT molecular complexity index is 188. The molecule has 0 aliphatic carbocycles. The fraction of sp³-hybridized carbons (Fsp3) is 0.909. The minimum atomic E-state index is -0.149. The van der Waals surface area contributed by atoms with Crippen molar-refractivity contribution in [2.24, 2.45) is 5.92 Å². The van der Waals surface area contributed by atoms with Crippen molar-refractivity contribution in [3.05, 3.63) is 0 Å². The zero-order valence-electron chi connectivity index (χ0n) is 9.45. The number of aliphatic hydroxyl groups is 1. The van der Waals surface area contributed by atoms with E-state index in [-0.39, 0.29) is 5.97 Å². The Labute approximate surface area is 91.2 Å². The Morgan fingerprint density at radius 2 is 2.13 bits per heavy atom. The predicted molar refractivity (Wildman–Crippen MR) is 57.5 cm³/mol. The van der Waals surface area contributed by atoms with E-state index < -0.39 is 0 Å². The SMILES string of the molecule is COC(=O)CN1CCC(CCCO)CC1. The van der Waals surface area contributed by atoms with E-state index in [0.29, 0.717) is 13.2 Å². The van der Waals surface area contributed by atoms with Crippen molar-refractivity contribution >= 4 is 5.97 Å². The molecule has 1 N–H and O–H groups in total. The van der Waals surface area contributed by atoms with Crippen LogP contribution in [0.15, 0.2) is 0 Å². The van der Waals surface area contributed by atoms with Crippen molar-refractivity contribution in [2.75, 3.05) is 33.4 Å². The highest BCUT2D eigenvalue weighted by atomic mass is 16.5. The van der Waals surface area contributed by atoms with Crippen LogP contribution in [-0.4, -0.2) is 49.3 Å². The molecule has 0 radical (unpaired) electrons. The van der Waals surface area contributed by atoms with E-state index in [9.17, 15) is 4.79 Å². The smallest absolute Gasteiger partial charge is 0.319 e. The van der Waals surface area contributed by atoms with Gasteiger partial charge >= 0.3 is 5.97 Å². The highest BCUT2D eigenvalue weighted by Crippen LogP contribution is 2.21. The largest absolute Gasteiger partial charge is 0.468 e. The van der Waals surface area contributed by atoms with Gasteiger partial charge in [0, 0.05) is 6.61 Å². The van der Waals surface area contributed by atoms with Gasteiger partial charge in [0.25, 0.3) is 0 Å². The van der Waals surface area contributed by atoms with Crippen molar-refractivity contribution in [3.8, 4) is 0 Å². The number of nitrogens with zero attached hydrogens (tertiary/aromatic N) is 1. The molecule has 0 amide bonds. The van der Waals surface area contributed by atoms with E-state index in [0.717, 1.165) is 44.7 Å². The fourth-order valence-corrected chi connectivity index (χ4v) is 2.06. The number of hydrogen-bond acceptors (Lipinski definition) is 4. The minimum absolute atomic E-state index is 0.149. The van der Waals surface area contributed by atoms with Crippen LogP contribution in [0, 0.1) is 5.92 Å². The molecule has 1 aliphatic heterocycles. The van der Waals surface area contributed by atoms with Gasteiger partial charge in [0.2, 0.25) is 0 Å². The Morgan fingerprint density at radius 3 is 2.67 bits per heavy atom. The summed E-state index contributed by atoms with van der Waals surface area (Å²) in [7, 11) is 1.43. The normalized spacial score (nSPS) is 19.1. The van der Waals surface area contributed by atoms with Crippen molar-refractivity contribution in [2.45, 2.75) is 25.7 Å². The maximum atomic E-state index is 11.0. The molecule has 4 nitrogen and oxygen atoms in total. The molecule has 4 heteroatoms. The number of esters is 1. The number of ether oxygens (including phenoxy) is 1. The Morgan fingerprint density at radius 1 is 1.47 bits per heavy atom. The molecule has 0 aromatic carbocycles. The maximum absolute atomic E-state index is 11.0. The van der Waals surface area contributed by atoms with Gasteiger partial charge in [-0.1, -0.05) is 0 Å². The first-order valence-corrected chi connectivity index (χ1v) is 5.66. The lowest BCUT2D eigenvalue weighted by atomic mass is 9.92. The molecular weight excluding hydrogens is 194 g/mol. The molecule has 1 aliphatic rings. The third kappa shape index (κ3) is 4.62. The second kappa shape index (κ2) is 6.80. The first-order valence-electron chi connectivity index (χ1n) is 5.66. The standard InChI is InChI=1S/C11H21NO3/c1-15-11(14)9-12-6-4-10(5-7-12)3-2-8-13/h10,13H,2-9H2,1H3. The molecule has 1 fully saturated rings. The van der Waals surface area contributed by atoms with Gasteiger partial charge < -0.3 is 9.84 Å². The summed E-state index contributed by atoms with van der Waals surface area (Å²) in [6, 6.07) is 0. The molecule has 15 heavy (non-hydrogen) atoms. The third-order valence-electron chi connectivity index (χ3n) is 3.06. The van der Waals surface area contributed by atoms with Gasteiger partial charge in [0.15, 0.2) is 0 Å². The highest BCUT2D eigenvalue weighted by molar-refractivity contribution is 5.71. The first kappa shape index (κ1) is 12.5. The van der Waals surface area contributed by atoms with Crippen LogP contribution in [0.3, 0.4) is 0 Å². The molecule has 0 saturated carbocycles. The molecule has 1 saturated heterocycles. The summed E-state index contributed by atoms with van der Waals surface area (Å²) in [5.74, 6) is 0.579. The van der Waals surface area contributed by atoms with Gasteiger partial charge in [-0.25, -0.2) is 0 Å². The number of carbonyl (C=O) groups is 1. The van der Waals surface area contributed by atoms with Crippen molar-refractivity contribution in [3.63, 3.8) is 0 Å². The van der Waals surface area contributed by atoms with E-state index >= 15 is 0 Å². The molecule has 0 atom stereocenters. The molecule has 1 heterocycles. The number of likely N-dealkylation sites (tertiary alicyclic amines) is 1. The van der Waals surface area contributed by atoms with Crippen LogP contribution < -0.4 is 0 Å². The fourth-order valence-electron chi connectivity index (χ4n) is 2.06. The number of carbonyl (C=O) groups excluding carboxylic acids is 1. The molecular formula is C11H21NO3. The molecule has 0 bridgehead atoms. The molecule has 0 aromatic rings. The van der Waals surface area contributed by atoms with Crippen LogP contribution >= 0.6 is 0 Å². The molecule has 0 spiro atoms. The first-order chi connectivity index (χ1) is 7.26. The summed E-state index contributed by atoms with van der Waals surface area (Å²) in [5.41, 5.74) is 0. The van der Waals surface area contributed by atoms with Crippen LogP contribution in [0.4, 0.5) is 0 Å². The molecule has 0 unspecified atom stereocenters. The monoisotopic (exact) mass is 215 g/mol. The lowest BCUT2D eigenvalue weighted by molar-refractivity contribution is -0.142. The van der Waals surface area contributed by atoms with Crippen LogP contribution in [0.2, 0.25) is 0 Å². The summed E-state index contributed by atoms with van der Waals surface area (Å²) in [6.07, 6.45) is 4.29. The summed E-state index contributed by atoms with van der Waals surface area (Å²) in [6.45, 7) is 2.67. The van der Waals surface area contributed by atoms with E-state index in [1.54, 1.807) is 0 Å². The van der Waals surface area contributed by atoms with Gasteiger partial charge in [-0.15, -0.1) is 0 Å². The topological polar surface area (TPSA) is 49.8 Å². The van der Waals surface area contributed by atoms with Crippen LogP contribution in [0.5, 0.6) is 0 Å². The van der Waals surface area contributed by atoms with Crippen LogP contribution in [0.25, 0.3) is 0 Å².